The number of likely N-dealkylation sites (tertiary alicyclic amines) is 1. The quantitative estimate of drug-likeness (QED) is 0.835. The second kappa shape index (κ2) is 6.95. The highest BCUT2D eigenvalue weighted by molar-refractivity contribution is 5.75. The molecule has 5 heteroatoms. The van der Waals surface area contributed by atoms with Crippen molar-refractivity contribution in [2.45, 2.75) is 57.9 Å². The number of urea groups is 1. The summed E-state index contributed by atoms with van der Waals surface area (Å²) in [5, 5.41) is 12.0. The number of aliphatic carboxylic acids is 1. The van der Waals surface area contributed by atoms with Crippen LogP contribution in [0.25, 0.3) is 0 Å². The van der Waals surface area contributed by atoms with Gasteiger partial charge in [-0.15, -0.1) is 0 Å². The lowest BCUT2D eigenvalue weighted by Crippen LogP contribution is -2.49. The number of rotatable bonds is 3. The number of piperidine rings is 1. The molecule has 2 amide bonds. The smallest absolute Gasteiger partial charge is 0.317 e. The van der Waals surface area contributed by atoms with Crippen LogP contribution in [0.15, 0.2) is 0 Å². The van der Waals surface area contributed by atoms with Gasteiger partial charge in [0.15, 0.2) is 0 Å². The van der Waals surface area contributed by atoms with Crippen LogP contribution in [0.1, 0.15) is 51.9 Å². The topological polar surface area (TPSA) is 69.6 Å². The van der Waals surface area contributed by atoms with Gasteiger partial charge in [0.1, 0.15) is 0 Å². The third-order valence-corrected chi connectivity index (χ3v) is 4.61. The van der Waals surface area contributed by atoms with E-state index in [0.717, 1.165) is 38.1 Å². The second-order valence-electron chi connectivity index (χ2n) is 6.46. The Bertz CT molecular complexity index is 351. The zero-order chi connectivity index (χ0) is 14.5. The summed E-state index contributed by atoms with van der Waals surface area (Å²) in [4.78, 5) is 24.8. The first-order valence-corrected chi connectivity index (χ1v) is 7.82. The van der Waals surface area contributed by atoms with Crippen LogP contribution in [-0.4, -0.2) is 41.1 Å². The fourth-order valence-electron chi connectivity index (χ4n) is 3.33. The first kappa shape index (κ1) is 15.1. The molecule has 2 fully saturated rings. The molecule has 2 N–H and O–H groups in total. The number of carbonyl (C=O) groups excluding carboxylic acids is 1. The number of nitrogens with one attached hydrogen (secondary N) is 1. The van der Waals surface area contributed by atoms with E-state index in [1.54, 1.807) is 4.90 Å². The van der Waals surface area contributed by atoms with E-state index in [1.165, 1.54) is 12.8 Å². The molecular weight excluding hydrogens is 256 g/mol. The van der Waals surface area contributed by atoms with E-state index in [1.807, 2.05) is 0 Å². The van der Waals surface area contributed by atoms with E-state index < -0.39 is 5.97 Å². The maximum absolute atomic E-state index is 12.2. The average molecular weight is 282 g/mol. The minimum absolute atomic E-state index is 0.000332. The van der Waals surface area contributed by atoms with E-state index >= 15 is 0 Å². The molecule has 5 nitrogen and oxygen atoms in total. The van der Waals surface area contributed by atoms with Crippen molar-refractivity contribution >= 4 is 12.0 Å². The number of hydrogen-bond donors (Lipinski definition) is 2. The van der Waals surface area contributed by atoms with Gasteiger partial charge in [0.25, 0.3) is 0 Å². The molecule has 0 aromatic rings. The summed E-state index contributed by atoms with van der Waals surface area (Å²) in [7, 11) is 0. The predicted molar refractivity (Wildman–Crippen MR) is 76.5 cm³/mol. The molecule has 114 valence electrons. The summed E-state index contributed by atoms with van der Waals surface area (Å²) in [5.74, 6) is 0.120. The van der Waals surface area contributed by atoms with Gasteiger partial charge < -0.3 is 15.3 Å². The fraction of sp³-hybridized carbons (Fsp3) is 0.867. The summed E-state index contributed by atoms with van der Waals surface area (Å²) >= 11 is 0. The summed E-state index contributed by atoms with van der Waals surface area (Å²) in [6.07, 6.45) is 6.51. The molecule has 2 rings (SSSR count). The number of hydrogen-bond acceptors (Lipinski definition) is 2. The molecule has 0 bridgehead atoms. The Labute approximate surface area is 120 Å². The van der Waals surface area contributed by atoms with Gasteiger partial charge in [-0.25, -0.2) is 4.79 Å². The molecule has 0 aromatic carbocycles. The molecule has 1 heterocycles. The largest absolute Gasteiger partial charge is 0.481 e. The van der Waals surface area contributed by atoms with Crippen LogP contribution in [0.3, 0.4) is 0 Å². The Morgan fingerprint density at radius 1 is 1.20 bits per heavy atom. The normalized spacial score (nSPS) is 30.9. The Balaban J connectivity index is 1.78. The van der Waals surface area contributed by atoms with Crippen LogP contribution in [-0.2, 0) is 4.79 Å². The summed E-state index contributed by atoms with van der Waals surface area (Å²) in [5.41, 5.74) is 0. The maximum atomic E-state index is 12.2. The highest BCUT2D eigenvalue weighted by Gasteiger charge is 2.27. The predicted octanol–water partition coefficient (Wildman–Crippen LogP) is 2.46. The Kier molecular flexibility index (Phi) is 5.26. The summed E-state index contributed by atoms with van der Waals surface area (Å²) in [6.45, 7) is 3.60. The first-order valence-electron chi connectivity index (χ1n) is 7.82. The molecule has 20 heavy (non-hydrogen) atoms. The molecule has 1 unspecified atom stereocenters. The van der Waals surface area contributed by atoms with Crippen molar-refractivity contribution in [1.82, 2.24) is 10.2 Å². The number of carboxylic acids is 1. The summed E-state index contributed by atoms with van der Waals surface area (Å²) in [6, 6.07) is 0.304. The van der Waals surface area contributed by atoms with E-state index in [9.17, 15) is 9.59 Å². The van der Waals surface area contributed by atoms with E-state index in [2.05, 4.69) is 12.2 Å². The van der Waals surface area contributed by atoms with Gasteiger partial charge in [0.05, 0.1) is 0 Å². The van der Waals surface area contributed by atoms with Gasteiger partial charge in [-0.3, -0.25) is 4.79 Å². The molecule has 0 aromatic heterocycles. The number of amides is 2. The molecule has 0 radical (unpaired) electrons. The molecule has 1 aliphatic heterocycles. The Hall–Kier alpha value is -1.26. The highest BCUT2D eigenvalue weighted by atomic mass is 16.4. The van der Waals surface area contributed by atoms with Gasteiger partial charge >= 0.3 is 12.0 Å². The highest BCUT2D eigenvalue weighted by Crippen LogP contribution is 2.24. The van der Waals surface area contributed by atoms with E-state index in [-0.39, 0.29) is 18.4 Å². The average Bonchev–Trinajstić information content (AvgIpc) is 2.41. The zero-order valence-corrected chi connectivity index (χ0v) is 12.3. The molecule has 1 saturated carbocycles. The number of carboxylic acid groups (broad SMARTS) is 1. The number of carbonyl (C=O) groups is 2. The van der Waals surface area contributed by atoms with Gasteiger partial charge in [-0.05, 0) is 50.4 Å². The van der Waals surface area contributed by atoms with E-state index in [0.29, 0.717) is 12.6 Å². The van der Waals surface area contributed by atoms with Crippen LogP contribution < -0.4 is 5.32 Å². The second-order valence-corrected chi connectivity index (χ2v) is 6.46. The van der Waals surface area contributed by atoms with Crippen LogP contribution >= 0.6 is 0 Å². The standard InChI is InChI=1S/C15H26N2O3/c1-11-4-6-13(7-5-11)16-15(20)17-8-2-3-12(10-17)9-14(18)19/h11-13H,2-10H2,1H3,(H,16,20)(H,18,19). The third kappa shape index (κ3) is 4.39. The van der Waals surface area contributed by atoms with Crippen LogP contribution in [0.2, 0.25) is 0 Å². The number of nitrogens with zero attached hydrogens (tertiary/aromatic N) is 1. The summed E-state index contributed by atoms with van der Waals surface area (Å²) < 4.78 is 0. The van der Waals surface area contributed by atoms with Gasteiger partial charge in [-0.1, -0.05) is 6.92 Å². The minimum atomic E-state index is -0.765. The molecule has 1 aliphatic carbocycles. The SMILES string of the molecule is CC1CCC(NC(=O)N2CCCC(CC(=O)O)C2)CC1. The fourth-order valence-corrected chi connectivity index (χ4v) is 3.33. The van der Waals surface area contributed by atoms with Crippen LogP contribution in [0.5, 0.6) is 0 Å². The molecule has 2 aliphatic rings. The maximum Gasteiger partial charge on any atom is 0.317 e. The Morgan fingerprint density at radius 2 is 1.90 bits per heavy atom. The van der Waals surface area contributed by atoms with Crippen molar-refractivity contribution in [3.05, 3.63) is 0 Å². The molecule has 1 saturated heterocycles. The lowest BCUT2D eigenvalue weighted by molar-refractivity contribution is -0.138. The van der Waals surface area contributed by atoms with Gasteiger partial charge in [0.2, 0.25) is 0 Å². The lowest BCUT2D eigenvalue weighted by Gasteiger charge is -2.34. The van der Waals surface area contributed by atoms with Crippen LogP contribution in [0, 0.1) is 11.8 Å². The van der Waals surface area contributed by atoms with Crippen molar-refractivity contribution in [2.24, 2.45) is 11.8 Å². The van der Waals surface area contributed by atoms with Crippen molar-refractivity contribution < 1.29 is 14.7 Å². The van der Waals surface area contributed by atoms with Crippen molar-refractivity contribution in [3.8, 4) is 0 Å². The van der Waals surface area contributed by atoms with E-state index in [4.69, 9.17) is 5.11 Å². The lowest BCUT2D eigenvalue weighted by atomic mass is 9.87. The Morgan fingerprint density at radius 3 is 2.55 bits per heavy atom. The third-order valence-electron chi connectivity index (χ3n) is 4.61. The van der Waals surface area contributed by atoms with Crippen molar-refractivity contribution in [1.29, 1.82) is 0 Å². The monoisotopic (exact) mass is 282 g/mol. The van der Waals surface area contributed by atoms with Gasteiger partial charge in [-0.2, -0.15) is 0 Å². The van der Waals surface area contributed by atoms with Crippen LogP contribution in [0.4, 0.5) is 4.79 Å². The molecule has 0 spiro atoms. The van der Waals surface area contributed by atoms with Crippen molar-refractivity contribution in [2.75, 3.05) is 13.1 Å². The minimum Gasteiger partial charge on any atom is -0.481 e. The first-order chi connectivity index (χ1) is 9.54. The van der Waals surface area contributed by atoms with Crippen molar-refractivity contribution in [3.63, 3.8) is 0 Å². The zero-order valence-electron chi connectivity index (χ0n) is 12.3. The molecule has 1 atom stereocenters. The van der Waals surface area contributed by atoms with Gasteiger partial charge in [0, 0.05) is 25.6 Å². The molecular formula is C15H26N2O3.